The molecule has 1 N–H and O–H groups in total. The fourth-order valence-electron chi connectivity index (χ4n) is 1.29. The van der Waals surface area contributed by atoms with Crippen molar-refractivity contribution in [3.63, 3.8) is 0 Å². The fraction of sp³-hybridized carbons (Fsp3) is 0.300. The van der Waals surface area contributed by atoms with Crippen LogP contribution in [-0.4, -0.2) is 15.4 Å². The van der Waals surface area contributed by atoms with Gasteiger partial charge in [0.1, 0.15) is 4.33 Å². The van der Waals surface area contributed by atoms with E-state index in [0.717, 1.165) is 6.07 Å². The Balaban J connectivity index is 2.92. The van der Waals surface area contributed by atoms with E-state index in [4.69, 9.17) is 28.3 Å². The van der Waals surface area contributed by atoms with E-state index in [2.05, 4.69) is 15.9 Å². The second-order valence-electron chi connectivity index (χ2n) is 3.48. The molecule has 0 saturated carbocycles. The summed E-state index contributed by atoms with van der Waals surface area (Å²) in [5.74, 6) is -3.23. The third kappa shape index (κ3) is 4.41. The third-order valence-electron chi connectivity index (χ3n) is 1.92. The normalized spacial score (nSPS) is 11.6. The summed E-state index contributed by atoms with van der Waals surface area (Å²) >= 11 is 14.4. The molecule has 7 heteroatoms. The van der Waals surface area contributed by atoms with Gasteiger partial charge < -0.3 is 5.11 Å². The number of rotatable bonds is 4. The van der Waals surface area contributed by atoms with Crippen molar-refractivity contribution in [3.8, 4) is 0 Å². The average molecular weight is 348 g/mol. The summed E-state index contributed by atoms with van der Waals surface area (Å²) in [4.78, 5) is 10.5. The van der Waals surface area contributed by atoms with Crippen LogP contribution in [-0.2, 0) is 11.2 Å². The number of alkyl halides is 2. The number of carbonyl (C=O) groups is 1. The molecular weight excluding hydrogens is 341 g/mol. The maximum atomic E-state index is 13.1. The molecule has 0 radical (unpaired) electrons. The van der Waals surface area contributed by atoms with Crippen LogP contribution in [0.25, 0.3) is 0 Å². The van der Waals surface area contributed by atoms with Crippen molar-refractivity contribution in [3.05, 3.63) is 33.8 Å². The Kier molecular flexibility index (Phi) is 4.75. The van der Waals surface area contributed by atoms with Crippen molar-refractivity contribution in [2.75, 3.05) is 0 Å². The lowest BCUT2D eigenvalue weighted by molar-refractivity contribution is -0.137. The van der Waals surface area contributed by atoms with E-state index in [1.807, 2.05) is 0 Å². The zero-order valence-corrected chi connectivity index (χ0v) is 11.4. The SMILES string of the molecule is O=C(O)CC(Cl)(Cl)Cc1cc(F)c(F)c(Br)c1. The van der Waals surface area contributed by atoms with Crippen molar-refractivity contribution in [2.45, 2.75) is 17.2 Å². The molecule has 0 heterocycles. The van der Waals surface area contributed by atoms with E-state index in [0.29, 0.717) is 5.56 Å². The van der Waals surface area contributed by atoms with E-state index in [1.54, 1.807) is 0 Å². The molecule has 0 saturated heterocycles. The van der Waals surface area contributed by atoms with Gasteiger partial charge in [-0.05, 0) is 33.6 Å². The van der Waals surface area contributed by atoms with Crippen LogP contribution in [0.5, 0.6) is 0 Å². The summed E-state index contributed by atoms with van der Waals surface area (Å²) in [5.41, 5.74) is 0.307. The first-order valence-electron chi connectivity index (χ1n) is 4.44. The highest BCUT2D eigenvalue weighted by Gasteiger charge is 2.28. The third-order valence-corrected chi connectivity index (χ3v) is 3.03. The van der Waals surface area contributed by atoms with E-state index in [9.17, 15) is 13.6 Å². The lowest BCUT2D eigenvalue weighted by atomic mass is 10.1. The van der Waals surface area contributed by atoms with E-state index in [1.165, 1.54) is 6.07 Å². The summed E-state index contributed by atoms with van der Waals surface area (Å²) in [6, 6.07) is 2.24. The van der Waals surface area contributed by atoms with Crippen LogP contribution in [0, 0.1) is 11.6 Å². The molecule has 0 unspecified atom stereocenters. The number of carboxylic acids is 1. The van der Waals surface area contributed by atoms with Crippen molar-refractivity contribution in [2.24, 2.45) is 0 Å². The zero-order valence-electron chi connectivity index (χ0n) is 8.31. The Bertz CT molecular complexity index is 429. The van der Waals surface area contributed by atoms with Crippen LogP contribution < -0.4 is 0 Å². The van der Waals surface area contributed by atoms with Crippen LogP contribution in [0.2, 0.25) is 0 Å². The molecule has 1 aromatic rings. The van der Waals surface area contributed by atoms with Crippen molar-refractivity contribution in [1.29, 1.82) is 0 Å². The first-order chi connectivity index (χ1) is 7.71. The molecule has 0 bridgehead atoms. The Hall–Kier alpha value is -0.390. The highest BCUT2D eigenvalue weighted by molar-refractivity contribution is 9.10. The highest BCUT2D eigenvalue weighted by Crippen LogP contribution is 2.31. The van der Waals surface area contributed by atoms with Gasteiger partial charge in [-0.15, -0.1) is 23.2 Å². The van der Waals surface area contributed by atoms with E-state index < -0.39 is 28.4 Å². The van der Waals surface area contributed by atoms with Gasteiger partial charge in [-0.1, -0.05) is 0 Å². The Morgan fingerprint density at radius 3 is 2.47 bits per heavy atom. The summed E-state index contributed by atoms with van der Waals surface area (Å²) in [6.45, 7) is 0. The number of benzene rings is 1. The molecule has 0 atom stereocenters. The monoisotopic (exact) mass is 346 g/mol. The fourth-order valence-corrected chi connectivity index (χ4v) is 2.31. The molecule has 94 valence electrons. The molecule has 0 aliphatic carbocycles. The van der Waals surface area contributed by atoms with Gasteiger partial charge in [0.15, 0.2) is 11.6 Å². The molecule has 17 heavy (non-hydrogen) atoms. The molecular formula is C10H7BrCl2F2O2. The van der Waals surface area contributed by atoms with Gasteiger partial charge in [0.25, 0.3) is 0 Å². The number of hydrogen-bond donors (Lipinski definition) is 1. The summed E-state index contributed by atoms with van der Waals surface area (Å²) in [7, 11) is 0. The van der Waals surface area contributed by atoms with E-state index >= 15 is 0 Å². The lowest BCUT2D eigenvalue weighted by Gasteiger charge is -2.17. The Morgan fingerprint density at radius 1 is 1.41 bits per heavy atom. The largest absolute Gasteiger partial charge is 0.481 e. The lowest BCUT2D eigenvalue weighted by Crippen LogP contribution is -2.21. The molecule has 1 aromatic carbocycles. The quantitative estimate of drug-likeness (QED) is 0.662. The molecule has 0 spiro atoms. The van der Waals surface area contributed by atoms with Gasteiger partial charge in [-0.25, -0.2) is 8.78 Å². The average Bonchev–Trinajstić information content (AvgIpc) is 2.10. The van der Waals surface area contributed by atoms with Crippen molar-refractivity contribution >= 4 is 45.1 Å². The molecule has 0 aliphatic rings. The number of carboxylic acid groups (broad SMARTS) is 1. The minimum absolute atomic E-state index is 0.0630. The van der Waals surface area contributed by atoms with Gasteiger partial charge in [0.05, 0.1) is 10.9 Å². The molecule has 0 aliphatic heterocycles. The van der Waals surface area contributed by atoms with Crippen molar-refractivity contribution < 1.29 is 18.7 Å². The summed E-state index contributed by atoms with van der Waals surface area (Å²) in [6.07, 6.45) is -0.592. The van der Waals surface area contributed by atoms with Gasteiger partial charge >= 0.3 is 5.97 Å². The molecule has 1 rings (SSSR count). The van der Waals surface area contributed by atoms with Crippen LogP contribution >= 0.6 is 39.1 Å². The topological polar surface area (TPSA) is 37.3 Å². The van der Waals surface area contributed by atoms with Crippen LogP contribution in [0.4, 0.5) is 8.78 Å². The Morgan fingerprint density at radius 2 is 2.00 bits per heavy atom. The number of aliphatic carboxylic acids is 1. The van der Waals surface area contributed by atoms with Crippen LogP contribution in [0.1, 0.15) is 12.0 Å². The van der Waals surface area contributed by atoms with Gasteiger partial charge in [-0.2, -0.15) is 0 Å². The first kappa shape index (κ1) is 14.7. The van der Waals surface area contributed by atoms with E-state index in [-0.39, 0.29) is 10.9 Å². The van der Waals surface area contributed by atoms with Gasteiger partial charge in [0.2, 0.25) is 0 Å². The minimum atomic E-state index is -1.56. The molecule has 0 amide bonds. The maximum absolute atomic E-state index is 13.1. The predicted octanol–water partition coefficient (Wildman–Crippen LogP) is 3.92. The molecule has 2 nitrogen and oxygen atoms in total. The highest BCUT2D eigenvalue weighted by atomic mass is 79.9. The number of hydrogen-bond acceptors (Lipinski definition) is 1. The minimum Gasteiger partial charge on any atom is -0.481 e. The smallest absolute Gasteiger partial charge is 0.306 e. The van der Waals surface area contributed by atoms with Gasteiger partial charge in [0, 0.05) is 6.42 Å². The first-order valence-corrected chi connectivity index (χ1v) is 5.99. The predicted molar refractivity (Wildman–Crippen MR) is 64.5 cm³/mol. The molecule has 0 fully saturated rings. The number of halogens is 5. The van der Waals surface area contributed by atoms with Crippen LogP contribution in [0.3, 0.4) is 0 Å². The second-order valence-corrected chi connectivity index (χ2v) is 5.97. The molecule has 0 aromatic heterocycles. The zero-order chi connectivity index (χ0) is 13.2. The Labute approximate surface area is 115 Å². The van der Waals surface area contributed by atoms with Gasteiger partial charge in [-0.3, -0.25) is 4.79 Å². The summed E-state index contributed by atoms with van der Waals surface area (Å²) in [5, 5.41) is 8.57. The summed E-state index contributed by atoms with van der Waals surface area (Å²) < 4.78 is 24.4. The second kappa shape index (κ2) is 5.50. The maximum Gasteiger partial charge on any atom is 0.306 e. The van der Waals surface area contributed by atoms with Crippen LogP contribution in [0.15, 0.2) is 16.6 Å². The standard InChI is InChI=1S/C10H7BrCl2F2O2/c11-6-1-5(2-7(14)9(6)15)3-10(12,13)4-8(16)17/h1-2H,3-4H2,(H,16,17). The van der Waals surface area contributed by atoms with Crippen molar-refractivity contribution in [1.82, 2.24) is 0 Å².